The average molecular weight is 439 g/mol. The Balaban J connectivity index is 1.24. The second-order valence-electron chi connectivity index (χ2n) is 8.00. The van der Waals surface area contributed by atoms with Crippen LogP contribution in [0.2, 0.25) is 0 Å². The van der Waals surface area contributed by atoms with Gasteiger partial charge in [0, 0.05) is 26.1 Å². The summed E-state index contributed by atoms with van der Waals surface area (Å²) in [6.45, 7) is 3.03. The van der Waals surface area contributed by atoms with Gasteiger partial charge in [-0.2, -0.15) is 4.98 Å². The zero-order chi connectivity index (χ0) is 21.0. The third-order valence-electron chi connectivity index (χ3n) is 5.83. The summed E-state index contributed by atoms with van der Waals surface area (Å²) in [5.41, 5.74) is 1.04. The lowest BCUT2D eigenvalue weighted by molar-refractivity contribution is -0.139. The first kappa shape index (κ1) is 20.1. The Morgan fingerprint density at radius 2 is 2.00 bits per heavy atom. The molecule has 1 unspecified atom stereocenters. The van der Waals surface area contributed by atoms with E-state index in [0.29, 0.717) is 24.7 Å². The van der Waals surface area contributed by atoms with Crippen LogP contribution in [0.3, 0.4) is 0 Å². The van der Waals surface area contributed by atoms with Crippen molar-refractivity contribution in [2.24, 2.45) is 0 Å². The van der Waals surface area contributed by atoms with Gasteiger partial charge in [-0.3, -0.25) is 4.79 Å². The topological polar surface area (TPSA) is 71.7 Å². The highest BCUT2D eigenvalue weighted by Crippen LogP contribution is 2.34. The van der Waals surface area contributed by atoms with E-state index in [2.05, 4.69) is 21.1 Å². The monoisotopic (exact) mass is 438 g/mol. The van der Waals surface area contributed by atoms with E-state index < -0.39 is 6.10 Å². The van der Waals surface area contributed by atoms with E-state index >= 15 is 0 Å². The van der Waals surface area contributed by atoms with Crippen LogP contribution in [-0.2, 0) is 11.2 Å². The number of carbonyl (C=O) groups is 1. The fraction of sp³-hybridized carbons (Fsp3) is 0.435. The molecular weight excluding hydrogens is 412 g/mol. The highest BCUT2D eigenvalue weighted by atomic mass is 32.1. The lowest BCUT2D eigenvalue weighted by Crippen LogP contribution is -2.51. The predicted octanol–water partition coefficient (Wildman–Crippen LogP) is 4.01. The minimum atomic E-state index is -0.457. The molecule has 2 aromatic heterocycles. The molecule has 2 aliphatic heterocycles. The zero-order valence-corrected chi connectivity index (χ0v) is 18.2. The van der Waals surface area contributed by atoms with Crippen molar-refractivity contribution in [3.63, 3.8) is 0 Å². The van der Waals surface area contributed by atoms with E-state index in [9.17, 15) is 4.79 Å². The summed E-state index contributed by atoms with van der Waals surface area (Å²) in [4.78, 5) is 22.8. The summed E-state index contributed by atoms with van der Waals surface area (Å²) in [7, 11) is 0. The van der Waals surface area contributed by atoms with Gasteiger partial charge >= 0.3 is 0 Å². The van der Waals surface area contributed by atoms with Gasteiger partial charge in [-0.1, -0.05) is 23.4 Å². The summed E-state index contributed by atoms with van der Waals surface area (Å²) in [5.74, 6) is 2.18. The number of thiophene rings is 1. The molecule has 31 heavy (non-hydrogen) atoms. The van der Waals surface area contributed by atoms with Crippen molar-refractivity contribution in [2.45, 2.75) is 38.2 Å². The molecule has 4 heterocycles. The number of aryl methyl sites for hydroxylation is 1. The van der Waals surface area contributed by atoms with Gasteiger partial charge in [-0.05, 0) is 49.3 Å². The summed E-state index contributed by atoms with van der Waals surface area (Å²) in [6.07, 6.45) is 4.45. The number of amides is 1. The summed E-state index contributed by atoms with van der Waals surface area (Å²) >= 11 is 1.60. The van der Waals surface area contributed by atoms with Crippen LogP contribution in [0.15, 0.2) is 46.3 Å². The lowest BCUT2D eigenvalue weighted by atomic mass is 10.1. The van der Waals surface area contributed by atoms with Crippen LogP contribution in [0.1, 0.15) is 31.6 Å². The van der Waals surface area contributed by atoms with Crippen LogP contribution < -0.4 is 9.64 Å². The molecule has 1 aromatic carbocycles. The number of hydrogen-bond donors (Lipinski definition) is 0. The SMILES string of the molecule is O=C(C1CN(CCCc2nc(-c3cccs3)no2)c2ccccc2O1)N1CCCCC1. The van der Waals surface area contributed by atoms with E-state index in [4.69, 9.17) is 9.26 Å². The third-order valence-corrected chi connectivity index (χ3v) is 6.70. The van der Waals surface area contributed by atoms with Gasteiger partial charge in [-0.25, -0.2) is 0 Å². The molecule has 1 amide bonds. The molecule has 1 fully saturated rings. The minimum absolute atomic E-state index is 0.108. The van der Waals surface area contributed by atoms with Gasteiger partial charge in [0.2, 0.25) is 11.7 Å². The normalized spacial score (nSPS) is 18.5. The van der Waals surface area contributed by atoms with E-state index in [-0.39, 0.29) is 5.91 Å². The van der Waals surface area contributed by atoms with Gasteiger partial charge in [-0.15, -0.1) is 11.3 Å². The van der Waals surface area contributed by atoms with Crippen LogP contribution in [0.4, 0.5) is 5.69 Å². The van der Waals surface area contributed by atoms with E-state index in [0.717, 1.165) is 55.2 Å². The maximum absolute atomic E-state index is 13.1. The molecule has 0 radical (unpaired) electrons. The molecule has 8 heteroatoms. The molecule has 1 atom stereocenters. The van der Waals surface area contributed by atoms with Crippen molar-refractivity contribution in [2.75, 3.05) is 31.1 Å². The number of para-hydroxylation sites is 2. The number of carbonyl (C=O) groups excluding carboxylic acids is 1. The van der Waals surface area contributed by atoms with Crippen molar-refractivity contribution in [1.82, 2.24) is 15.0 Å². The fourth-order valence-electron chi connectivity index (χ4n) is 4.25. The van der Waals surface area contributed by atoms with Crippen molar-refractivity contribution in [3.8, 4) is 16.5 Å². The summed E-state index contributed by atoms with van der Waals surface area (Å²) in [6, 6.07) is 11.9. The number of ether oxygens (including phenoxy) is 1. The van der Waals surface area contributed by atoms with E-state index in [1.807, 2.05) is 40.6 Å². The van der Waals surface area contributed by atoms with E-state index in [1.165, 1.54) is 6.42 Å². The Morgan fingerprint density at radius 3 is 2.84 bits per heavy atom. The maximum atomic E-state index is 13.1. The highest BCUT2D eigenvalue weighted by Gasteiger charge is 2.33. The van der Waals surface area contributed by atoms with Crippen LogP contribution in [0.25, 0.3) is 10.7 Å². The minimum Gasteiger partial charge on any atom is -0.477 e. The van der Waals surface area contributed by atoms with Crippen molar-refractivity contribution in [1.29, 1.82) is 0 Å². The molecule has 0 N–H and O–H groups in total. The van der Waals surface area contributed by atoms with Gasteiger partial charge in [0.25, 0.3) is 5.91 Å². The smallest absolute Gasteiger partial charge is 0.265 e. The molecule has 3 aromatic rings. The first-order valence-electron chi connectivity index (χ1n) is 10.9. The van der Waals surface area contributed by atoms with Gasteiger partial charge in [0.1, 0.15) is 5.75 Å². The summed E-state index contributed by atoms with van der Waals surface area (Å²) in [5, 5.41) is 6.09. The van der Waals surface area contributed by atoms with Crippen molar-refractivity contribution >= 4 is 22.9 Å². The van der Waals surface area contributed by atoms with Crippen molar-refractivity contribution in [3.05, 3.63) is 47.7 Å². The van der Waals surface area contributed by atoms with Gasteiger partial charge in [0.05, 0.1) is 17.1 Å². The molecule has 7 nitrogen and oxygen atoms in total. The third kappa shape index (κ3) is 4.44. The second kappa shape index (κ2) is 9.09. The molecule has 162 valence electrons. The van der Waals surface area contributed by atoms with Crippen LogP contribution in [-0.4, -0.2) is 53.2 Å². The molecule has 0 aliphatic carbocycles. The van der Waals surface area contributed by atoms with Gasteiger partial charge < -0.3 is 19.1 Å². The second-order valence-corrected chi connectivity index (χ2v) is 8.95. The number of rotatable bonds is 6. The van der Waals surface area contributed by atoms with Crippen LogP contribution in [0.5, 0.6) is 5.75 Å². The molecule has 0 saturated carbocycles. The number of likely N-dealkylation sites (tertiary alicyclic amines) is 1. The van der Waals surface area contributed by atoms with Crippen molar-refractivity contribution < 1.29 is 14.1 Å². The number of hydrogen-bond acceptors (Lipinski definition) is 7. The predicted molar refractivity (Wildman–Crippen MR) is 119 cm³/mol. The number of benzene rings is 1. The first-order chi connectivity index (χ1) is 15.3. The first-order valence-corrected chi connectivity index (χ1v) is 11.8. The quantitative estimate of drug-likeness (QED) is 0.579. The molecule has 5 rings (SSSR count). The largest absolute Gasteiger partial charge is 0.477 e. The molecular formula is C23H26N4O3S. The maximum Gasteiger partial charge on any atom is 0.265 e. The molecule has 1 saturated heterocycles. The fourth-order valence-corrected chi connectivity index (χ4v) is 4.90. The summed E-state index contributed by atoms with van der Waals surface area (Å²) < 4.78 is 11.5. The van der Waals surface area contributed by atoms with Crippen LogP contribution in [0, 0.1) is 0 Å². The Labute approximate surface area is 185 Å². The highest BCUT2D eigenvalue weighted by molar-refractivity contribution is 7.13. The van der Waals surface area contributed by atoms with Crippen LogP contribution >= 0.6 is 11.3 Å². The van der Waals surface area contributed by atoms with Gasteiger partial charge in [0.15, 0.2) is 6.10 Å². The number of fused-ring (bicyclic) bond motifs is 1. The molecule has 0 bridgehead atoms. The van der Waals surface area contributed by atoms with E-state index in [1.54, 1.807) is 11.3 Å². The Bertz CT molecular complexity index is 1010. The number of nitrogens with zero attached hydrogens (tertiary/aromatic N) is 4. The lowest BCUT2D eigenvalue weighted by Gasteiger charge is -2.38. The zero-order valence-electron chi connectivity index (χ0n) is 17.4. The number of piperidine rings is 1. The Hall–Kier alpha value is -2.87. The number of aromatic nitrogens is 2. The average Bonchev–Trinajstić information content (AvgIpc) is 3.51. The molecule has 2 aliphatic rings. The number of anilines is 1. The molecule has 0 spiro atoms. The standard InChI is InChI=1S/C23H26N4O3S/c28-23(26-12-4-1-5-13-26)19-16-27(17-8-2-3-9-18(17)29-19)14-6-11-21-24-22(25-30-21)20-10-7-15-31-20/h2-3,7-10,15,19H,1,4-6,11-14,16H2. The Morgan fingerprint density at radius 1 is 1.13 bits per heavy atom. The Kier molecular flexibility index (Phi) is 5.88.